The van der Waals surface area contributed by atoms with Crippen LogP contribution in [0.1, 0.15) is 23.2 Å². The third-order valence-corrected chi connectivity index (χ3v) is 4.00. The third-order valence-electron chi connectivity index (χ3n) is 3.32. The Kier molecular flexibility index (Phi) is 4.87. The number of carbonyl (C=O) groups excluding carboxylic acids is 1. The van der Waals surface area contributed by atoms with E-state index in [0.29, 0.717) is 16.6 Å². The van der Waals surface area contributed by atoms with E-state index in [9.17, 15) is 4.79 Å². The summed E-state index contributed by atoms with van der Waals surface area (Å²) >= 11 is 9.39. The predicted octanol–water partition coefficient (Wildman–Crippen LogP) is 3.27. The number of amides is 1. The van der Waals surface area contributed by atoms with Gasteiger partial charge in [-0.25, -0.2) is 0 Å². The first-order valence-corrected chi connectivity index (χ1v) is 7.56. The fourth-order valence-electron chi connectivity index (χ4n) is 2.56. The molecule has 1 unspecified atom stereocenters. The lowest BCUT2D eigenvalue weighted by Crippen LogP contribution is -2.41. The average Bonchev–Trinajstić information content (AvgIpc) is 2.73. The summed E-state index contributed by atoms with van der Waals surface area (Å²) in [6.45, 7) is 1.74. The van der Waals surface area contributed by atoms with Crippen molar-refractivity contribution in [1.29, 1.82) is 0 Å². The summed E-state index contributed by atoms with van der Waals surface area (Å²) < 4.78 is 0.840. The first-order chi connectivity index (χ1) is 8.97. The molecule has 0 N–H and O–H groups in total. The molecule has 2 rings (SSSR count). The van der Waals surface area contributed by atoms with E-state index in [0.717, 1.165) is 30.4 Å². The largest absolute Gasteiger partial charge is 0.334 e. The molecule has 1 saturated heterocycles. The molecule has 1 amide bonds. The molecule has 1 aromatic carbocycles. The summed E-state index contributed by atoms with van der Waals surface area (Å²) in [5, 5.41) is 0.584. The smallest absolute Gasteiger partial charge is 0.254 e. The summed E-state index contributed by atoms with van der Waals surface area (Å²) in [7, 11) is 4.08. The fraction of sp³-hybridized carbons (Fsp3) is 0.500. The number of hydrogen-bond donors (Lipinski definition) is 0. The summed E-state index contributed by atoms with van der Waals surface area (Å²) in [6.07, 6.45) is 2.15. The number of likely N-dealkylation sites (N-methyl/N-ethyl adjacent to an activating group) is 1. The van der Waals surface area contributed by atoms with Gasteiger partial charge in [0.2, 0.25) is 0 Å². The minimum absolute atomic E-state index is 0.0764. The molecule has 0 radical (unpaired) electrons. The molecule has 1 aromatic rings. The molecule has 1 aliphatic rings. The van der Waals surface area contributed by atoms with Crippen LogP contribution in [0.15, 0.2) is 22.7 Å². The molecule has 1 heterocycles. The van der Waals surface area contributed by atoms with E-state index in [1.807, 2.05) is 25.1 Å². The molecule has 104 valence electrons. The van der Waals surface area contributed by atoms with Crippen LogP contribution in [0.5, 0.6) is 0 Å². The molecule has 0 saturated carbocycles. The second-order valence-corrected chi connectivity index (χ2v) is 6.57. The van der Waals surface area contributed by atoms with Gasteiger partial charge in [-0.15, -0.1) is 0 Å². The molecule has 0 aromatic heterocycles. The Balaban J connectivity index is 2.18. The summed E-state index contributed by atoms with van der Waals surface area (Å²) in [4.78, 5) is 16.7. The Morgan fingerprint density at radius 1 is 1.47 bits per heavy atom. The normalized spacial score (nSPS) is 19.2. The second-order valence-electron chi connectivity index (χ2n) is 5.21. The lowest BCUT2D eigenvalue weighted by atomic mass is 10.1. The molecular formula is C14H18BrClN2O. The molecule has 0 spiro atoms. The highest BCUT2D eigenvalue weighted by atomic mass is 79.9. The fourth-order valence-corrected chi connectivity index (χ4v) is 3.42. The van der Waals surface area contributed by atoms with Crippen molar-refractivity contribution in [1.82, 2.24) is 9.80 Å². The first-order valence-electron chi connectivity index (χ1n) is 6.39. The lowest BCUT2D eigenvalue weighted by molar-refractivity contribution is 0.0716. The van der Waals surface area contributed by atoms with Crippen molar-refractivity contribution in [2.45, 2.75) is 18.9 Å². The standard InChI is InChI=1S/C14H18BrClN2O/c1-17(2)9-13-4-3-5-18(13)14(19)10-6-11(15)8-12(16)7-10/h6-8,13H,3-5,9H2,1-2H3. The number of rotatable bonds is 3. The third kappa shape index (κ3) is 3.71. The van der Waals surface area contributed by atoms with Crippen LogP contribution in [0, 0.1) is 0 Å². The van der Waals surface area contributed by atoms with Crippen molar-refractivity contribution in [2.24, 2.45) is 0 Å². The Bertz CT molecular complexity index is 458. The topological polar surface area (TPSA) is 23.6 Å². The number of halogens is 2. The minimum Gasteiger partial charge on any atom is -0.334 e. The number of carbonyl (C=O) groups is 1. The summed E-state index contributed by atoms with van der Waals surface area (Å²) in [5.41, 5.74) is 0.657. The molecule has 1 fully saturated rings. The zero-order chi connectivity index (χ0) is 14.0. The Hall–Kier alpha value is -0.580. The van der Waals surface area contributed by atoms with E-state index in [2.05, 4.69) is 20.8 Å². The van der Waals surface area contributed by atoms with Gasteiger partial charge >= 0.3 is 0 Å². The van der Waals surface area contributed by atoms with Gasteiger partial charge in [0.1, 0.15) is 0 Å². The van der Waals surface area contributed by atoms with Gasteiger partial charge in [0.05, 0.1) is 0 Å². The maximum Gasteiger partial charge on any atom is 0.254 e. The molecule has 19 heavy (non-hydrogen) atoms. The molecular weight excluding hydrogens is 328 g/mol. The van der Waals surface area contributed by atoms with Gasteiger partial charge in [-0.2, -0.15) is 0 Å². The highest BCUT2D eigenvalue weighted by Gasteiger charge is 2.29. The van der Waals surface area contributed by atoms with Crippen molar-refractivity contribution >= 4 is 33.4 Å². The molecule has 5 heteroatoms. The molecule has 3 nitrogen and oxygen atoms in total. The van der Waals surface area contributed by atoms with Crippen molar-refractivity contribution in [3.8, 4) is 0 Å². The van der Waals surface area contributed by atoms with Gasteiger partial charge in [0, 0.05) is 34.2 Å². The maximum absolute atomic E-state index is 12.6. The van der Waals surface area contributed by atoms with E-state index >= 15 is 0 Å². The summed E-state index contributed by atoms with van der Waals surface area (Å²) in [6, 6.07) is 5.67. The quantitative estimate of drug-likeness (QED) is 0.839. The highest BCUT2D eigenvalue weighted by Crippen LogP contribution is 2.24. The van der Waals surface area contributed by atoms with Crippen molar-refractivity contribution in [3.05, 3.63) is 33.3 Å². The monoisotopic (exact) mass is 344 g/mol. The van der Waals surface area contributed by atoms with Crippen LogP contribution in [-0.2, 0) is 0 Å². The van der Waals surface area contributed by atoms with Crippen LogP contribution in [0.2, 0.25) is 5.02 Å². The average molecular weight is 346 g/mol. The van der Waals surface area contributed by atoms with E-state index < -0.39 is 0 Å². The minimum atomic E-state index is 0.0764. The van der Waals surface area contributed by atoms with Gasteiger partial charge in [-0.1, -0.05) is 27.5 Å². The number of likely N-dealkylation sites (tertiary alicyclic amines) is 1. The van der Waals surface area contributed by atoms with Crippen molar-refractivity contribution in [3.63, 3.8) is 0 Å². The van der Waals surface area contributed by atoms with Gasteiger partial charge in [-0.05, 0) is 45.1 Å². The van der Waals surface area contributed by atoms with Crippen LogP contribution in [0.25, 0.3) is 0 Å². The van der Waals surface area contributed by atoms with E-state index in [1.54, 1.807) is 12.1 Å². The zero-order valence-electron chi connectivity index (χ0n) is 11.2. The maximum atomic E-state index is 12.6. The molecule has 0 aliphatic carbocycles. The molecule has 0 bridgehead atoms. The van der Waals surface area contributed by atoms with Crippen LogP contribution >= 0.6 is 27.5 Å². The van der Waals surface area contributed by atoms with Gasteiger partial charge in [0.15, 0.2) is 0 Å². The van der Waals surface area contributed by atoms with Gasteiger partial charge < -0.3 is 9.80 Å². The lowest BCUT2D eigenvalue weighted by Gasteiger charge is -2.27. The van der Waals surface area contributed by atoms with Crippen LogP contribution in [0.4, 0.5) is 0 Å². The predicted molar refractivity (Wildman–Crippen MR) is 81.8 cm³/mol. The van der Waals surface area contributed by atoms with Gasteiger partial charge in [0.25, 0.3) is 5.91 Å². The Morgan fingerprint density at radius 2 is 2.21 bits per heavy atom. The summed E-state index contributed by atoms with van der Waals surface area (Å²) in [5.74, 6) is 0.0764. The van der Waals surface area contributed by atoms with E-state index in [-0.39, 0.29) is 5.91 Å². The first kappa shape index (κ1) is 14.8. The van der Waals surface area contributed by atoms with Crippen LogP contribution in [-0.4, -0.2) is 48.9 Å². The number of nitrogens with zero attached hydrogens (tertiary/aromatic N) is 2. The van der Waals surface area contributed by atoms with Crippen molar-refractivity contribution in [2.75, 3.05) is 27.2 Å². The van der Waals surface area contributed by atoms with Crippen LogP contribution in [0.3, 0.4) is 0 Å². The van der Waals surface area contributed by atoms with E-state index in [1.165, 1.54) is 0 Å². The number of hydrogen-bond acceptors (Lipinski definition) is 2. The van der Waals surface area contributed by atoms with Crippen LogP contribution < -0.4 is 0 Å². The Labute approximate surface area is 127 Å². The van der Waals surface area contributed by atoms with Gasteiger partial charge in [-0.3, -0.25) is 4.79 Å². The number of benzene rings is 1. The second kappa shape index (κ2) is 6.25. The van der Waals surface area contributed by atoms with Crippen molar-refractivity contribution < 1.29 is 4.79 Å². The SMILES string of the molecule is CN(C)CC1CCCN1C(=O)c1cc(Cl)cc(Br)c1. The van der Waals surface area contributed by atoms with E-state index in [4.69, 9.17) is 11.6 Å². The Morgan fingerprint density at radius 3 is 2.84 bits per heavy atom. The molecule has 1 atom stereocenters. The molecule has 1 aliphatic heterocycles. The zero-order valence-corrected chi connectivity index (χ0v) is 13.5. The highest BCUT2D eigenvalue weighted by molar-refractivity contribution is 9.10.